The van der Waals surface area contributed by atoms with Crippen molar-refractivity contribution in [3.63, 3.8) is 0 Å². The van der Waals surface area contributed by atoms with Crippen molar-refractivity contribution < 1.29 is 4.79 Å². The van der Waals surface area contributed by atoms with Crippen LogP contribution in [-0.4, -0.2) is 26.9 Å². The minimum Gasteiger partial charge on any atom is -0.328 e. The van der Waals surface area contributed by atoms with Gasteiger partial charge in [-0.25, -0.2) is 4.98 Å². The van der Waals surface area contributed by atoms with E-state index in [4.69, 9.17) is 4.98 Å². The highest BCUT2D eigenvalue weighted by Crippen LogP contribution is 2.27. The van der Waals surface area contributed by atoms with E-state index in [9.17, 15) is 9.59 Å². The Morgan fingerprint density at radius 3 is 2.18 bits per heavy atom. The van der Waals surface area contributed by atoms with Crippen LogP contribution in [0.4, 0.5) is 0 Å². The van der Waals surface area contributed by atoms with Gasteiger partial charge in [0.2, 0.25) is 0 Å². The molecule has 4 rings (SSSR count). The maximum Gasteiger partial charge on any atom is 0.266 e. The molecule has 0 saturated heterocycles. The third-order valence-electron chi connectivity index (χ3n) is 6.20. The largest absolute Gasteiger partial charge is 0.328 e. The molecule has 0 N–H and O–H groups in total. The number of carbonyl (C=O) groups excluding carboxylic acids is 1. The first-order chi connectivity index (χ1) is 16.3. The van der Waals surface area contributed by atoms with Crippen molar-refractivity contribution in [2.45, 2.75) is 40.7 Å². The van der Waals surface area contributed by atoms with E-state index >= 15 is 0 Å². The van der Waals surface area contributed by atoms with Crippen LogP contribution in [0.25, 0.3) is 16.6 Å². The Bertz CT molecular complexity index is 1400. The predicted octanol–water partition coefficient (Wildman–Crippen LogP) is 5.86. The molecular formula is C29H31N3O2. The van der Waals surface area contributed by atoms with Crippen LogP contribution in [0.2, 0.25) is 0 Å². The summed E-state index contributed by atoms with van der Waals surface area (Å²) in [4.78, 5) is 34.3. The van der Waals surface area contributed by atoms with E-state index in [0.717, 1.165) is 16.8 Å². The number of hydrogen-bond donors (Lipinski definition) is 0. The fourth-order valence-corrected chi connectivity index (χ4v) is 4.39. The summed E-state index contributed by atoms with van der Waals surface area (Å²) in [5, 5.41) is 0.558. The molecule has 4 aromatic rings. The van der Waals surface area contributed by atoms with Gasteiger partial charge in [-0.2, -0.15) is 0 Å². The normalized spacial score (nSPS) is 12.2. The number of benzene rings is 3. The zero-order valence-electron chi connectivity index (χ0n) is 20.4. The molecule has 34 heavy (non-hydrogen) atoms. The molecule has 0 saturated carbocycles. The average Bonchev–Trinajstić information content (AvgIpc) is 2.82. The number of fused-ring (bicyclic) bond motifs is 1. The summed E-state index contributed by atoms with van der Waals surface area (Å²) in [5.41, 5.74) is 3.84. The van der Waals surface area contributed by atoms with Gasteiger partial charge in [-0.1, -0.05) is 62.4 Å². The fourth-order valence-electron chi connectivity index (χ4n) is 4.39. The van der Waals surface area contributed by atoms with Crippen LogP contribution in [0.3, 0.4) is 0 Å². The number of para-hydroxylation sites is 2. The molecule has 0 bridgehead atoms. The van der Waals surface area contributed by atoms with E-state index in [1.165, 1.54) is 0 Å². The lowest BCUT2D eigenvalue weighted by Crippen LogP contribution is -2.39. The maximum absolute atomic E-state index is 13.8. The molecule has 0 aliphatic rings. The van der Waals surface area contributed by atoms with Crippen LogP contribution in [0.1, 0.15) is 54.1 Å². The summed E-state index contributed by atoms with van der Waals surface area (Å²) in [6, 6.07) is 22.4. The second kappa shape index (κ2) is 9.64. The molecule has 0 aliphatic heterocycles. The van der Waals surface area contributed by atoms with E-state index in [2.05, 4.69) is 13.8 Å². The van der Waals surface area contributed by atoms with Gasteiger partial charge in [0.25, 0.3) is 11.5 Å². The molecule has 0 aliphatic carbocycles. The number of nitrogens with zero attached hydrogens (tertiary/aromatic N) is 3. The number of aryl methyl sites for hydroxylation is 2. The quantitative estimate of drug-likeness (QED) is 0.367. The minimum atomic E-state index is -0.425. The van der Waals surface area contributed by atoms with Crippen molar-refractivity contribution in [3.8, 4) is 5.69 Å². The average molecular weight is 454 g/mol. The monoisotopic (exact) mass is 453 g/mol. The van der Waals surface area contributed by atoms with E-state index in [1.807, 2.05) is 92.4 Å². The molecule has 0 fully saturated rings. The molecule has 1 atom stereocenters. The van der Waals surface area contributed by atoms with Gasteiger partial charge < -0.3 is 4.90 Å². The van der Waals surface area contributed by atoms with Crippen molar-refractivity contribution >= 4 is 16.8 Å². The summed E-state index contributed by atoms with van der Waals surface area (Å²) in [6.45, 7) is 10.6. The van der Waals surface area contributed by atoms with Gasteiger partial charge >= 0.3 is 0 Å². The molecule has 3 aromatic carbocycles. The lowest BCUT2D eigenvalue weighted by atomic mass is 10.0. The molecule has 1 aromatic heterocycles. The van der Waals surface area contributed by atoms with Gasteiger partial charge in [0.05, 0.1) is 22.6 Å². The smallest absolute Gasteiger partial charge is 0.266 e. The van der Waals surface area contributed by atoms with Crippen molar-refractivity contribution in [2.24, 2.45) is 5.92 Å². The minimum absolute atomic E-state index is 0.0574. The van der Waals surface area contributed by atoms with Crippen LogP contribution in [0, 0.1) is 19.8 Å². The number of amides is 1. The Hall–Kier alpha value is -3.73. The van der Waals surface area contributed by atoms with Crippen LogP contribution in [-0.2, 0) is 0 Å². The predicted molar refractivity (Wildman–Crippen MR) is 138 cm³/mol. The molecule has 1 heterocycles. The number of rotatable bonds is 6. The summed E-state index contributed by atoms with van der Waals surface area (Å²) in [6.07, 6.45) is 0. The van der Waals surface area contributed by atoms with E-state index in [1.54, 1.807) is 10.6 Å². The molecule has 5 nitrogen and oxygen atoms in total. The van der Waals surface area contributed by atoms with Crippen LogP contribution < -0.4 is 5.56 Å². The summed E-state index contributed by atoms with van der Waals surface area (Å²) >= 11 is 0. The van der Waals surface area contributed by atoms with Gasteiger partial charge in [-0.05, 0) is 62.1 Å². The van der Waals surface area contributed by atoms with Gasteiger partial charge in [0.15, 0.2) is 0 Å². The van der Waals surface area contributed by atoms with Crippen molar-refractivity contribution in [3.05, 3.63) is 106 Å². The zero-order chi connectivity index (χ0) is 24.4. The second-order valence-electron chi connectivity index (χ2n) is 9.26. The lowest BCUT2D eigenvalue weighted by molar-refractivity contribution is 0.0654. The molecule has 1 unspecified atom stereocenters. The zero-order valence-corrected chi connectivity index (χ0v) is 20.4. The number of carbonyl (C=O) groups is 1. The highest BCUT2D eigenvalue weighted by Gasteiger charge is 2.29. The van der Waals surface area contributed by atoms with Gasteiger partial charge in [-0.3, -0.25) is 14.2 Å². The first-order valence-corrected chi connectivity index (χ1v) is 11.7. The Morgan fingerprint density at radius 2 is 1.50 bits per heavy atom. The standard InChI is InChI=1S/C29H31N3O2/c1-19(2)18-31(28(33)23-14-8-6-12-20(23)3)22(5)27-30-25-16-10-9-15-24(25)29(34)32(27)26-17-11-7-13-21(26)4/h6-17,19,22H,18H2,1-5H3. The summed E-state index contributed by atoms with van der Waals surface area (Å²) < 4.78 is 1.68. The Kier molecular flexibility index (Phi) is 6.64. The molecular weight excluding hydrogens is 422 g/mol. The number of aromatic nitrogens is 2. The highest BCUT2D eigenvalue weighted by molar-refractivity contribution is 5.96. The molecule has 5 heteroatoms. The maximum atomic E-state index is 13.8. The number of hydrogen-bond acceptors (Lipinski definition) is 3. The SMILES string of the molecule is Cc1ccccc1C(=O)N(CC(C)C)C(C)c1nc2ccccc2c(=O)n1-c1ccccc1C. The van der Waals surface area contributed by atoms with E-state index in [0.29, 0.717) is 28.8 Å². The van der Waals surface area contributed by atoms with Crippen LogP contribution in [0.5, 0.6) is 0 Å². The summed E-state index contributed by atoms with van der Waals surface area (Å²) in [5.74, 6) is 0.744. The fraction of sp³-hybridized carbons (Fsp3) is 0.276. The molecule has 0 spiro atoms. The van der Waals surface area contributed by atoms with Crippen molar-refractivity contribution in [1.29, 1.82) is 0 Å². The second-order valence-corrected chi connectivity index (χ2v) is 9.26. The molecule has 174 valence electrons. The van der Waals surface area contributed by atoms with Crippen molar-refractivity contribution in [2.75, 3.05) is 6.54 Å². The third-order valence-corrected chi connectivity index (χ3v) is 6.20. The Labute approximate surface area is 200 Å². The first-order valence-electron chi connectivity index (χ1n) is 11.7. The molecule has 1 amide bonds. The topological polar surface area (TPSA) is 55.2 Å². The Balaban J connectivity index is 1.95. The summed E-state index contributed by atoms with van der Waals surface area (Å²) in [7, 11) is 0. The lowest BCUT2D eigenvalue weighted by Gasteiger charge is -2.32. The Morgan fingerprint density at radius 1 is 0.882 bits per heavy atom. The van der Waals surface area contributed by atoms with Gasteiger partial charge in [0.1, 0.15) is 5.82 Å². The van der Waals surface area contributed by atoms with Crippen molar-refractivity contribution in [1.82, 2.24) is 14.5 Å². The molecule has 0 radical (unpaired) electrons. The van der Waals surface area contributed by atoms with Crippen LogP contribution >= 0.6 is 0 Å². The third kappa shape index (κ3) is 4.38. The van der Waals surface area contributed by atoms with E-state index in [-0.39, 0.29) is 17.4 Å². The van der Waals surface area contributed by atoms with Gasteiger partial charge in [0, 0.05) is 12.1 Å². The van der Waals surface area contributed by atoms with E-state index < -0.39 is 6.04 Å². The highest BCUT2D eigenvalue weighted by atomic mass is 16.2. The first kappa shape index (κ1) is 23.4. The van der Waals surface area contributed by atoms with Gasteiger partial charge in [-0.15, -0.1) is 0 Å². The van der Waals surface area contributed by atoms with Crippen LogP contribution in [0.15, 0.2) is 77.6 Å².